The molecule has 0 radical (unpaired) electrons. The Hall–Kier alpha value is -3.65. The van der Waals surface area contributed by atoms with E-state index < -0.39 is 11.7 Å². The van der Waals surface area contributed by atoms with Gasteiger partial charge in [0.2, 0.25) is 0 Å². The summed E-state index contributed by atoms with van der Waals surface area (Å²) in [4.78, 5) is 28.5. The molecule has 1 fully saturated rings. The van der Waals surface area contributed by atoms with Crippen LogP contribution in [0.25, 0.3) is 11.0 Å². The van der Waals surface area contributed by atoms with Gasteiger partial charge in [0.1, 0.15) is 23.6 Å². The van der Waals surface area contributed by atoms with E-state index >= 15 is 4.39 Å². The number of carbonyl (C=O) groups is 1. The van der Waals surface area contributed by atoms with Gasteiger partial charge >= 0.3 is 0 Å². The number of fused-ring (bicyclic) bond motifs is 1. The first kappa shape index (κ1) is 21.2. The molecular formula is C24H22ClFN6O. The maximum Gasteiger partial charge on any atom is 0.255 e. The number of nitrogens with one attached hydrogen (secondary N) is 2. The molecule has 0 unspecified atom stereocenters. The number of nitrogens with zero attached hydrogens (tertiary/aromatic N) is 4. The summed E-state index contributed by atoms with van der Waals surface area (Å²) in [5.74, 6) is 0.0482. The van der Waals surface area contributed by atoms with Gasteiger partial charge in [0.15, 0.2) is 0 Å². The molecule has 33 heavy (non-hydrogen) atoms. The normalized spacial score (nSPS) is 15.7. The zero-order valence-electron chi connectivity index (χ0n) is 17.9. The third-order valence-corrected chi connectivity index (χ3v) is 6.25. The molecule has 0 bridgehead atoms. The molecule has 1 aliphatic rings. The topological polar surface area (TPSA) is 77.2 Å². The van der Waals surface area contributed by atoms with E-state index in [2.05, 4.69) is 25.2 Å². The number of anilines is 3. The van der Waals surface area contributed by atoms with Crippen LogP contribution in [0.5, 0.6) is 0 Å². The summed E-state index contributed by atoms with van der Waals surface area (Å²) in [7, 11) is 1.88. The summed E-state index contributed by atoms with van der Waals surface area (Å²) in [5, 5.41) is 4.23. The van der Waals surface area contributed by atoms with Crippen LogP contribution in [-0.2, 0) is 0 Å². The van der Waals surface area contributed by atoms with Crippen molar-refractivity contribution in [3.8, 4) is 0 Å². The molecule has 1 amide bonds. The van der Waals surface area contributed by atoms with Crippen LogP contribution in [0.15, 0.2) is 61.1 Å². The number of amides is 1. The van der Waals surface area contributed by atoms with Crippen LogP contribution in [0.3, 0.4) is 0 Å². The molecule has 3 heterocycles. The second kappa shape index (κ2) is 8.71. The summed E-state index contributed by atoms with van der Waals surface area (Å²) in [6, 6.07) is 13.5. The number of hydrogen-bond acceptors (Lipinski definition) is 5. The smallest absolute Gasteiger partial charge is 0.255 e. The molecule has 2 aromatic carbocycles. The third-order valence-electron chi connectivity index (χ3n) is 6.02. The van der Waals surface area contributed by atoms with E-state index in [1.165, 1.54) is 6.07 Å². The summed E-state index contributed by atoms with van der Waals surface area (Å²) in [6.45, 7) is 1.53. The van der Waals surface area contributed by atoms with Gasteiger partial charge in [-0.15, -0.1) is 0 Å². The van der Waals surface area contributed by atoms with Crippen molar-refractivity contribution >= 4 is 45.7 Å². The molecule has 1 aliphatic heterocycles. The molecule has 0 spiro atoms. The van der Waals surface area contributed by atoms with Crippen molar-refractivity contribution in [2.45, 2.75) is 12.5 Å². The third kappa shape index (κ3) is 4.21. The van der Waals surface area contributed by atoms with E-state index in [-0.39, 0.29) is 11.6 Å². The lowest BCUT2D eigenvalue weighted by atomic mass is 10.1. The standard InChI is InChI=1S/C24H22ClFN6O/c1-31(18-8-10-32(13-18)23-19-7-9-27-22(19)28-14-29-23)21-6-5-15(11-20(21)26)24(33)30-17-4-2-3-16(25)12-17/h2-7,9,11-12,14,18H,8,10,13H2,1H3,(H,30,33)(H,27,28,29)/t18-/m1/s1. The minimum absolute atomic E-state index is 0.106. The number of halogens is 2. The van der Waals surface area contributed by atoms with Crippen molar-refractivity contribution in [1.29, 1.82) is 0 Å². The fourth-order valence-electron chi connectivity index (χ4n) is 4.26. The van der Waals surface area contributed by atoms with Gasteiger partial charge in [-0.1, -0.05) is 17.7 Å². The van der Waals surface area contributed by atoms with Crippen molar-refractivity contribution in [2.24, 2.45) is 0 Å². The largest absolute Gasteiger partial charge is 0.367 e. The van der Waals surface area contributed by atoms with Gasteiger partial charge in [0, 0.05) is 48.6 Å². The number of H-pyrrole nitrogens is 1. The first-order valence-electron chi connectivity index (χ1n) is 10.6. The highest BCUT2D eigenvalue weighted by molar-refractivity contribution is 6.31. The summed E-state index contributed by atoms with van der Waals surface area (Å²) in [6.07, 6.45) is 4.27. The second-order valence-corrected chi connectivity index (χ2v) is 8.50. The molecule has 5 rings (SSSR count). The molecule has 2 aromatic heterocycles. The highest BCUT2D eigenvalue weighted by Gasteiger charge is 2.29. The molecule has 1 atom stereocenters. The number of rotatable bonds is 5. The Kier molecular flexibility index (Phi) is 5.60. The maximum atomic E-state index is 15.0. The Balaban J connectivity index is 1.29. The number of aromatic amines is 1. The number of benzene rings is 2. The van der Waals surface area contributed by atoms with Gasteiger partial charge in [0.05, 0.1) is 11.1 Å². The molecule has 0 saturated carbocycles. The van der Waals surface area contributed by atoms with Crippen LogP contribution in [0.1, 0.15) is 16.8 Å². The van der Waals surface area contributed by atoms with E-state index in [0.717, 1.165) is 29.8 Å². The van der Waals surface area contributed by atoms with Crippen LogP contribution < -0.4 is 15.1 Å². The number of aromatic nitrogens is 3. The highest BCUT2D eigenvalue weighted by Crippen LogP contribution is 2.30. The van der Waals surface area contributed by atoms with E-state index in [9.17, 15) is 4.79 Å². The van der Waals surface area contributed by atoms with Crippen molar-refractivity contribution in [3.05, 3.63) is 77.5 Å². The van der Waals surface area contributed by atoms with E-state index in [4.69, 9.17) is 11.6 Å². The molecule has 168 valence electrons. The van der Waals surface area contributed by atoms with Crippen LogP contribution in [0.2, 0.25) is 5.02 Å². The first-order chi connectivity index (χ1) is 16.0. The highest BCUT2D eigenvalue weighted by atomic mass is 35.5. The summed E-state index contributed by atoms with van der Waals surface area (Å²) < 4.78 is 15.0. The lowest BCUT2D eigenvalue weighted by Gasteiger charge is -2.27. The molecule has 7 nitrogen and oxygen atoms in total. The monoisotopic (exact) mass is 464 g/mol. The Morgan fingerprint density at radius 2 is 2.12 bits per heavy atom. The summed E-state index contributed by atoms with van der Waals surface area (Å²) in [5.41, 5.74) is 2.06. The predicted molar refractivity (Wildman–Crippen MR) is 129 cm³/mol. The molecular weight excluding hydrogens is 443 g/mol. The minimum Gasteiger partial charge on any atom is -0.367 e. The van der Waals surface area contributed by atoms with Gasteiger partial charge in [-0.05, 0) is 48.9 Å². The van der Waals surface area contributed by atoms with E-state index in [0.29, 0.717) is 22.9 Å². The molecule has 9 heteroatoms. The van der Waals surface area contributed by atoms with Gasteiger partial charge in [-0.3, -0.25) is 4.79 Å². The quantitative estimate of drug-likeness (QED) is 0.447. The zero-order valence-corrected chi connectivity index (χ0v) is 18.7. The molecule has 1 saturated heterocycles. The number of hydrogen-bond donors (Lipinski definition) is 2. The second-order valence-electron chi connectivity index (χ2n) is 8.07. The lowest BCUT2D eigenvalue weighted by molar-refractivity contribution is 0.102. The van der Waals surface area contributed by atoms with Gasteiger partial charge in [-0.25, -0.2) is 14.4 Å². The minimum atomic E-state index is -0.440. The van der Waals surface area contributed by atoms with Gasteiger partial charge in [0.25, 0.3) is 5.91 Å². The maximum absolute atomic E-state index is 15.0. The average molecular weight is 465 g/mol. The lowest BCUT2D eigenvalue weighted by Crippen LogP contribution is -2.35. The Bertz CT molecular complexity index is 1330. The SMILES string of the molecule is CN(c1ccc(C(=O)Nc2cccc(Cl)c2)cc1F)[C@@H]1CCN(c2ncnc3[nH]ccc23)C1. The van der Waals surface area contributed by atoms with E-state index in [1.54, 1.807) is 42.7 Å². The Labute approximate surface area is 195 Å². The molecule has 4 aromatic rings. The zero-order chi connectivity index (χ0) is 22.9. The average Bonchev–Trinajstić information content (AvgIpc) is 3.48. The van der Waals surface area contributed by atoms with E-state index in [1.807, 2.05) is 24.2 Å². The first-order valence-corrected chi connectivity index (χ1v) is 11.0. The Morgan fingerprint density at radius 1 is 1.24 bits per heavy atom. The molecule has 0 aliphatic carbocycles. The van der Waals surface area contributed by atoms with Gasteiger partial charge < -0.3 is 20.1 Å². The fraction of sp³-hybridized carbons (Fsp3) is 0.208. The number of likely N-dealkylation sites (N-methyl/N-ethyl adjacent to an activating group) is 1. The van der Waals surface area contributed by atoms with Crippen LogP contribution >= 0.6 is 11.6 Å². The van der Waals surface area contributed by atoms with Crippen molar-refractivity contribution in [3.63, 3.8) is 0 Å². The predicted octanol–water partition coefficient (Wildman–Crippen LogP) is 4.72. The van der Waals surface area contributed by atoms with Crippen molar-refractivity contribution in [2.75, 3.05) is 35.3 Å². The Morgan fingerprint density at radius 3 is 2.94 bits per heavy atom. The molecule has 2 N–H and O–H groups in total. The summed E-state index contributed by atoms with van der Waals surface area (Å²) >= 11 is 5.96. The fourth-order valence-corrected chi connectivity index (χ4v) is 4.45. The van der Waals surface area contributed by atoms with Crippen LogP contribution in [0, 0.1) is 5.82 Å². The van der Waals surface area contributed by atoms with Crippen LogP contribution in [-0.4, -0.2) is 47.0 Å². The number of carbonyl (C=O) groups excluding carboxylic acids is 1. The van der Waals surface area contributed by atoms with Crippen molar-refractivity contribution < 1.29 is 9.18 Å². The van der Waals surface area contributed by atoms with Gasteiger partial charge in [-0.2, -0.15) is 0 Å². The van der Waals surface area contributed by atoms with Crippen molar-refractivity contribution in [1.82, 2.24) is 15.0 Å². The van der Waals surface area contributed by atoms with Crippen LogP contribution in [0.4, 0.5) is 21.6 Å².